The van der Waals surface area contributed by atoms with Gasteiger partial charge in [0.05, 0.1) is 6.42 Å². The molecule has 0 radical (unpaired) electrons. The first-order valence-electron chi connectivity index (χ1n) is 3.94. The van der Waals surface area contributed by atoms with Crippen LogP contribution in [0.15, 0.2) is 4.79 Å². The first-order chi connectivity index (χ1) is 6.43. The second-order valence-electron chi connectivity index (χ2n) is 2.97. The molecule has 1 rings (SSSR count). The van der Waals surface area contributed by atoms with E-state index in [1.54, 1.807) is 6.92 Å². The molecule has 0 unspecified atom stereocenters. The third kappa shape index (κ3) is 1.90. The molecule has 0 aromatic carbocycles. The number of aromatic nitrogens is 2. The fourth-order valence-corrected chi connectivity index (χ4v) is 1.37. The van der Waals surface area contributed by atoms with Gasteiger partial charge in [-0.25, -0.2) is 0 Å². The van der Waals surface area contributed by atoms with E-state index >= 15 is 0 Å². The molecule has 1 aromatic heterocycles. The number of carboxylic acid groups (broad SMARTS) is 1. The van der Waals surface area contributed by atoms with Crippen molar-refractivity contribution >= 4 is 18.2 Å². The number of carboxylic acids is 1. The van der Waals surface area contributed by atoms with E-state index in [9.17, 15) is 9.59 Å². The first kappa shape index (κ1) is 10.6. The highest BCUT2D eigenvalue weighted by atomic mass is 32.1. The smallest absolute Gasteiger partial charge is 0.308 e. The number of aryl methyl sites for hydroxylation is 1. The van der Waals surface area contributed by atoms with Crippen molar-refractivity contribution in [1.82, 2.24) is 9.55 Å². The van der Waals surface area contributed by atoms with Crippen molar-refractivity contribution < 1.29 is 9.90 Å². The lowest BCUT2D eigenvalue weighted by Gasteiger charge is -2.05. The Morgan fingerprint density at radius 2 is 2.21 bits per heavy atom. The standard InChI is InChI=1S/C8H10N2O3S/c1-4-5(3-6(11)12)7(13)10(2)8(14)9-4/h3H2,1-2H3,(H,9,14)(H,11,12). The molecule has 1 heterocycles. The van der Waals surface area contributed by atoms with Crippen molar-refractivity contribution in [3.8, 4) is 0 Å². The van der Waals surface area contributed by atoms with Gasteiger partial charge in [-0.2, -0.15) is 0 Å². The molecule has 0 aliphatic carbocycles. The molecule has 76 valence electrons. The van der Waals surface area contributed by atoms with Crippen LogP contribution in [-0.2, 0) is 18.3 Å². The summed E-state index contributed by atoms with van der Waals surface area (Å²) >= 11 is 4.86. The predicted molar refractivity (Wildman–Crippen MR) is 52.9 cm³/mol. The lowest BCUT2D eigenvalue weighted by Crippen LogP contribution is -2.26. The van der Waals surface area contributed by atoms with Gasteiger partial charge < -0.3 is 10.1 Å². The zero-order valence-corrected chi connectivity index (χ0v) is 8.64. The highest BCUT2D eigenvalue weighted by Crippen LogP contribution is 1.99. The average Bonchev–Trinajstić information content (AvgIpc) is 2.09. The Kier molecular flexibility index (Phi) is 2.85. The lowest BCUT2D eigenvalue weighted by molar-refractivity contribution is -0.136. The fourth-order valence-electron chi connectivity index (χ4n) is 1.13. The average molecular weight is 214 g/mol. The molecule has 14 heavy (non-hydrogen) atoms. The van der Waals surface area contributed by atoms with Crippen molar-refractivity contribution in [3.63, 3.8) is 0 Å². The Morgan fingerprint density at radius 3 is 2.71 bits per heavy atom. The summed E-state index contributed by atoms with van der Waals surface area (Å²) in [5, 5.41) is 8.59. The second kappa shape index (κ2) is 3.75. The molecule has 0 bridgehead atoms. The molecule has 6 heteroatoms. The normalized spacial score (nSPS) is 10.1. The Bertz CT molecular complexity index is 486. The zero-order valence-electron chi connectivity index (χ0n) is 7.83. The summed E-state index contributed by atoms with van der Waals surface area (Å²) in [6, 6.07) is 0. The van der Waals surface area contributed by atoms with Crippen molar-refractivity contribution in [2.45, 2.75) is 13.3 Å². The molecule has 0 aliphatic heterocycles. The number of aliphatic carboxylic acids is 1. The van der Waals surface area contributed by atoms with Crippen molar-refractivity contribution in [1.29, 1.82) is 0 Å². The Balaban J connectivity index is 3.44. The number of hydrogen-bond acceptors (Lipinski definition) is 3. The summed E-state index contributed by atoms with van der Waals surface area (Å²) in [6.07, 6.45) is -0.287. The van der Waals surface area contributed by atoms with Crippen LogP contribution in [0.2, 0.25) is 0 Å². The number of hydrogen-bond donors (Lipinski definition) is 2. The Morgan fingerprint density at radius 1 is 1.64 bits per heavy atom. The van der Waals surface area contributed by atoms with Crippen LogP contribution >= 0.6 is 12.2 Å². The Labute approximate surface area is 85.0 Å². The highest BCUT2D eigenvalue weighted by Gasteiger charge is 2.10. The maximum atomic E-state index is 11.6. The maximum Gasteiger partial charge on any atom is 0.308 e. The third-order valence-corrected chi connectivity index (χ3v) is 2.32. The summed E-state index contributed by atoms with van der Waals surface area (Å²) in [5.74, 6) is -1.03. The SMILES string of the molecule is Cc1[nH]c(=S)n(C)c(=O)c1CC(=O)O. The highest BCUT2D eigenvalue weighted by molar-refractivity contribution is 7.71. The molecule has 1 aromatic rings. The van der Waals surface area contributed by atoms with Crippen LogP contribution in [0.4, 0.5) is 0 Å². The van der Waals surface area contributed by atoms with Crippen molar-refractivity contribution in [2.75, 3.05) is 0 Å². The molecule has 0 fully saturated rings. The van der Waals surface area contributed by atoms with Gasteiger partial charge in [0.25, 0.3) is 5.56 Å². The van der Waals surface area contributed by atoms with Gasteiger partial charge in [0.15, 0.2) is 4.77 Å². The topological polar surface area (TPSA) is 75.1 Å². The number of aromatic amines is 1. The van der Waals surface area contributed by atoms with E-state index in [1.807, 2.05) is 0 Å². The van der Waals surface area contributed by atoms with E-state index in [0.29, 0.717) is 10.5 Å². The van der Waals surface area contributed by atoms with Gasteiger partial charge in [-0.15, -0.1) is 0 Å². The van der Waals surface area contributed by atoms with E-state index < -0.39 is 5.97 Å². The summed E-state index contributed by atoms with van der Waals surface area (Å²) in [7, 11) is 1.51. The predicted octanol–water partition coefficient (Wildman–Crippen LogP) is 0.378. The van der Waals surface area contributed by atoms with Gasteiger partial charge in [-0.1, -0.05) is 0 Å². The molecular weight excluding hydrogens is 204 g/mol. The maximum absolute atomic E-state index is 11.6. The molecule has 0 aliphatic rings. The van der Waals surface area contributed by atoms with Crippen LogP contribution in [0.5, 0.6) is 0 Å². The van der Waals surface area contributed by atoms with Crippen LogP contribution in [-0.4, -0.2) is 20.6 Å². The van der Waals surface area contributed by atoms with Crippen LogP contribution < -0.4 is 5.56 Å². The van der Waals surface area contributed by atoms with Gasteiger partial charge in [-0.05, 0) is 19.1 Å². The van der Waals surface area contributed by atoms with E-state index in [1.165, 1.54) is 11.6 Å². The molecule has 0 saturated heterocycles. The molecular formula is C8H10N2O3S. The number of nitrogens with zero attached hydrogens (tertiary/aromatic N) is 1. The van der Waals surface area contributed by atoms with Crippen molar-refractivity contribution in [2.24, 2.45) is 7.05 Å². The largest absolute Gasteiger partial charge is 0.481 e. The number of H-pyrrole nitrogens is 1. The molecule has 0 saturated carbocycles. The molecule has 0 atom stereocenters. The first-order valence-corrected chi connectivity index (χ1v) is 4.35. The monoisotopic (exact) mass is 214 g/mol. The van der Waals surface area contributed by atoms with E-state index in [-0.39, 0.29) is 17.5 Å². The molecule has 2 N–H and O–H groups in total. The van der Waals surface area contributed by atoms with Gasteiger partial charge in [0.2, 0.25) is 0 Å². The van der Waals surface area contributed by atoms with Gasteiger partial charge in [-0.3, -0.25) is 14.2 Å². The summed E-state index contributed by atoms with van der Waals surface area (Å²) in [5.41, 5.74) is 0.405. The molecule has 5 nitrogen and oxygen atoms in total. The summed E-state index contributed by atoms with van der Waals surface area (Å²) in [6.45, 7) is 1.63. The second-order valence-corrected chi connectivity index (χ2v) is 3.36. The quantitative estimate of drug-likeness (QED) is 0.698. The van der Waals surface area contributed by atoms with Crippen LogP contribution in [0, 0.1) is 11.7 Å². The third-order valence-electron chi connectivity index (χ3n) is 1.94. The van der Waals surface area contributed by atoms with Crippen LogP contribution in [0.25, 0.3) is 0 Å². The lowest BCUT2D eigenvalue weighted by atomic mass is 10.2. The van der Waals surface area contributed by atoms with Gasteiger partial charge in [0.1, 0.15) is 0 Å². The fraction of sp³-hybridized carbons (Fsp3) is 0.375. The summed E-state index contributed by atoms with van der Waals surface area (Å²) < 4.78 is 1.52. The van der Waals surface area contributed by atoms with E-state index in [2.05, 4.69) is 4.98 Å². The van der Waals surface area contributed by atoms with Crippen molar-refractivity contribution in [3.05, 3.63) is 26.4 Å². The number of nitrogens with one attached hydrogen (secondary N) is 1. The number of carbonyl (C=O) groups is 1. The minimum Gasteiger partial charge on any atom is -0.481 e. The zero-order chi connectivity index (χ0) is 10.9. The summed E-state index contributed by atoms with van der Waals surface area (Å²) in [4.78, 5) is 24.8. The molecule has 0 amide bonds. The van der Waals surface area contributed by atoms with Crippen LogP contribution in [0.1, 0.15) is 11.3 Å². The van der Waals surface area contributed by atoms with Gasteiger partial charge in [0, 0.05) is 18.3 Å². The van der Waals surface area contributed by atoms with E-state index in [0.717, 1.165) is 0 Å². The van der Waals surface area contributed by atoms with Crippen LogP contribution in [0.3, 0.4) is 0 Å². The number of rotatable bonds is 2. The minimum atomic E-state index is -1.03. The van der Waals surface area contributed by atoms with Gasteiger partial charge >= 0.3 is 5.97 Å². The van der Waals surface area contributed by atoms with E-state index in [4.69, 9.17) is 17.3 Å². The minimum absolute atomic E-state index is 0.244. The Hall–Kier alpha value is -1.43. The molecule has 0 spiro atoms.